The summed E-state index contributed by atoms with van der Waals surface area (Å²) in [5.74, 6) is -0.641. The second-order valence-electron chi connectivity index (χ2n) is 6.22. The molecule has 6 nitrogen and oxygen atoms in total. The first-order chi connectivity index (χ1) is 11.5. The van der Waals surface area contributed by atoms with E-state index in [1.807, 2.05) is 45.0 Å². The van der Waals surface area contributed by atoms with Crippen molar-refractivity contribution in [3.63, 3.8) is 0 Å². The van der Waals surface area contributed by atoms with Crippen LogP contribution in [0.3, 0.4) is 0 Å². The van der Waals surface area contributed by atoms with Crippen molar-refractivity contribution >= 4 is 17.6 Å². The minimum absolute atomic E-state index is 0.00874. The van der Waals surface area contributed by atoms with Crippen molar-refractivity contribution in [3.05, 3.63) is 41.2 Å². The highest BCUT2D eigenvalue weighted by molar-refractivity contribution is 5.94. The van der Waals surface area contributed by atoms with E-state index in [9.17, 15) is 9.59 Å². The molecule has 1 amide bonds. The van der Waals surface area contributed by atoms with E-state index in [4.69, 9.17) is 4.74 Å². The van der Waals surface area contributed by atoms with Crippen LogP contribution in [0, 0.1) is 26.7 Å². The van der Waals surface area contributed by atoms with Crippen molar-refractivity contribution in [3.8, 4) is 5.69 Å². The molecular weight excluding hydrogens is 306 g/mol. The number of aryl methyl sites for hydroxylation is 2. The van der Waals surface area contributed by atoms with E-state index in [2.05, 4.69) is 10.4 Å². The van der Waals surface area contributed by atoms with Crippen LogP contribution in [0.1, 0.15) is 29.8 Å². The van der Waals surface area contributed by atoms with Gasteiger partial charge in [-0.2, -0.15) is 5.10 Å². The minimum Gasteiger partial charge on any atom is -0.455 e. The number of carbonyl (C=O) groups is 2. The SMILES string of the molecule is Cc1ccc(-n2nc(C)c(NC(=O)COC(=O)C3CC3)c2C)cc1. The lowest BCUT2D eigenvalue weighted by atomic mass is 10.2. The van der Waals surface area contributed by atoms with Gasteiger partial charge in [-0.25, -0.2) is 4.68 Å². The van der Waals surface area contributed by atoms with Gasteiger partial charge in [-0.15, -0.1) is 0 Å². The van der Waals surface area contributed by atoms with Crippen LogP contribution >= 0.6 is 0 Å². The van der Waals surface area contributed by atoms with E-state index >= 15 is 0 Å². The zero-order valence-corrected chi connectivity index (χ0v) is 14.1. The Labute approximate surface area is 140 Å². The van der Waals surface area contributed by atoms with Gasteiger partial charge in [-0.05, 0) is 45.7 Å². The average Bonchev–Trinajstić information content (AvgIpc) is 3.37. The predicted octanol–water partition coefficient (Wildman–Crippen LogP) is 2.69. The molecule has 1 aliphatic rings. The Bertz CT molecular complexity index is 774. The van der Waals surface area contributed by atoms with Crippen molar-refractivity contribution in [2.75, 3.05) is 11.9 Å². The van der Waals surface area contributed by atoms with Gasteiger partial charge in [-0.1, -0.05) is 17.7 Å². The van der Waals surface area contributed by atoms with Crippen LogP contribution in [0.15, 0.2) is 24.3 Å². The molecule has 1 fully saturated rings. The van der Waals surface area contributed by atoms with Gasteiger partial charge < -0.3 is 10.1 Å². The fourth-order valence-electron chi connectivity index (χ4n) is 2.51. The topological polar surface area (TPSA) is 73.2 Å². The third-order valence-electron chi connectivity index (χ3n) is 4.09. The molecule has 2 aromatic rings. The lowest BCUT2D eigenvalue weighted by Crippen LogP contribution is -2.22. The van der Waals surface area contributed by atoms with Gasteiger partial charge in [0.2, 0.25) is 0 Å². The summed E-state index contributed by atoms with van der Waals surface area (Å²) < 4.78 is 6.80. The van der Waals surface area contributed by atoms with Gasteiger partial charge in [0.15, 0.2) is 6.61 Å². The fourth-order valence-corrected chi connectivity index (χ4v) is 2.51. The fraction of sp³-hybridized carbons (Fsp3) is 0.389. The molecule has 0 spiro atoms. The van der Waals surface area contributed by atoms with E-state index in [1.165, 1.54) is 5.56 Å². The summed E-state index contributed by atoms with van der Waals surface area (Å²) in [6.45, 7) is 5.50. The number of hydrogen-bond acceptors (Lipinski definition) is 4. The Morgan fingerprint density at radius 3 is 2.50 bits per heavy atom. The molecule has 1 aliphatic carbocycles. The second-order valence-corrected chi connectivity index (χ2v) is 6.22. The van der Waals surface area contributed by atoms with Crippen LogP contribution in [0.4, 0.5) is 5.69 Å². The molecule has 0 aliphatic heterocycles. The number of rotatable bonds is 5. The summed E-state index contributed by atoms with van der Waals surface area (Å²) in [7, 11) is 0. The molecule has 0 saturated heterocycles. The number of benzene rings is 1. The zero-order chi connectivity index (χ0) is 17.3. The first kappa shape index (κ1) is 16.2. The number of hydrogen-bond donors (Lipinski definition) is 1. The van der Waals surface area contributed by atoms with Crippen LogP contribution in [0.2, 0.25) is 0 Å². The Morgan fingerprint density at radius 2 is 1.88 bits per heavy atom. The van der Waals surface area contributed by atoms with E-state index < -0.39 is 0 Å². The molecule has 126 valence electrons. The lowest BCUT2D eigenvalue weighted by molar-refractivity contribution is -0.148. The van der Waals surface area contributed by atoms with Gasteiger partial charge >= 0.3 is 5.97 Å². The normalized spacial score (nSPS) is 13.6. The standard InChI is InChI=1S/C18H21N3O3/c1-11-4-8-15(9-5-11)21-13(3)17(12(2)20-21)19-16(22)10-24-18(23)14-6-7-14/h4-5,8-9,14H,6-7,10H2,1-3H3,(H,19,22). The number of nitrogens with zero attached hydrogens (tertiary/aromatic N) is 2. The molecule has 0 bridgehead atoms. The average molecular weight is 327 g/mol. The van der Waals surface area contributed by atoms with Crippen molar-refractivity contribution in [1.29, 1.82) is 0 Å². The summed E-state index contributed by atoms with van der Waals surface area (Å²) in [6.07, 6.45) is 1.73. The summed E-state index contributed by atoms with van der Waals surface area (Å²) >= 11 is 0. The van der Waals surface area contributed by atoms with Crippen LogP contribution in [-0.2, 0) is 14.3 Å². The number of nitrogens with one attached hydrogen (secondary N) is 1. The Balaban J connectivity index is 1.70. The van der Waals surface area contributed by atoms with Crippen molar-refractivity contribution < 1.29 is 14.3 Å². The van der Waals surface area contributed by atoms with Gasteiger partial charge in [0, 0.05) is 0 Å². The maximum atomic E-state index is 12.0. The molecule has 1 aromatic carbocycles. The maximum Gasteiger partial charge on any atom is 0.309 e. The van der Waals surface area contributed by atoms with Gasteiger partial charge in [0.05, 0.1) is 28.7 Å². The molecule has 1 aromatic heterocycles. The summed E-state index contributed by atoms with van der Waals surface area (Å²) in [4.78, 5) is 23.5. The lowest BCUT2D eigenvalue weighted by Gasteiger charge is -2.08. The first-order valence-corrected chi connectivity index (χ1v) is 8.05. The molecule has 0 radical (unpaired) electrons. The third-order valence-corrected chi connectivity index (χ3v) is 4.09. The number of ether oxygens (including phenoxy) is 1. The van der Waals surface area contributed by atoms with Crippen molar-refractivity contribution in [1.82, 2.24) is 9.78 Å². The number of anilines is 1. The molecule has 1 N–H and O–H groups in total. The quantitative estimate of drug-likeness (QED) is 0.857. The largest absolute Gasteiger partial charge is 0.455 e. The summed E-state index contributed by atoms with van der Waals surface area (Å²) in [5.41, 5.74) is 4.31. The number of carbonyl (C=O) groups excluding carboxylic acids is 2. The third kappa shape index (κ3) is 3.48. The highest BCUT2D eigenvalue weighted by atomic mass is 16.5. The monoisotopic (exact) mass is 327 g/mol. The zero-order valence-electron chi connectivity index (χ0n) is 14.1. The highest BCUT2D eigenvalue weighted by Gasteiger charge is 2.31. The van der Waals surface area contributed by atoms with Gasteiger partial charge in [0.1, 0.15) is 0 Å². The maximum absolute atomic E-state index is 12.0. The molecule has 6 heteroatoms. The minimum atomic E-state index is -0.348. The Hall–Kier alpha value is -2.63. The highest BCUT2D eigenvalue weighted by Crippen LogP contribution is 2.30. The summed E-state index contributed by atoms with van der Waals surface area (Å²) in [6, 6.07) is 8.00. The van der Waals surface area contributed by atoms with Crippen LogP contribution in [0.5, 0.6) is 0 Å². The second kappa shape index (κ2) is 6.47. The number of esters is 1. The van der Waals surface area contributed by atoms with E-state index in [1.54, 1.807) is 4.68 Å². The van der Waals surface area contributed by atoms with E-state index in [0.29, 0.717) is 5.69 Å². The van der Waals surface area contributed by atoms with Crippen LogP contribution < -0.4 is 5.32 Å². The molecular formula is C18H21N3O3. The Morgan fingerprint density at radius 1 is 1.21 bits per heavy atom. The molecule has 1 saturated carbocycles. The predicted molar refractivity (Wildman–Crippen MR) is 90.1 cm³/mol. The molecule has 0 unspecified atom stereocenters. The molecule has 24 heavy (non-hydrogen) atoms. The van der Waals surface area contributed by atoms with E-state index in [0.717, 1.165) is 29.9 Å². The first-order valence-electron chi connectivity index (χ1n) is 8.05. The van der Waals surface area contributed by atoms with Gasteiger partial charge in [0.25, 0.3) is 5.91 Å². The van der Waals surface area contributed by atoms with Crippen LogP contribution in [0.25, 0.3) is 5.69 Å². The van der Waals surface area contributed by atoms with Crippen molar-refractivity contribution in [2.24, 2.45) is 5.92 Å². The van der Waals surface area contributed by atoms with Crippen molar-refractivity contribution in [2.45, 2.75) is 33.6 Å². The number of aromatic nitrogens is 2. The molecule has 1 heterocycles. The smallest absolute Gasteiger partial charge is 0.309 e. The number of amides is 1. The van der Waals surface area contributed by atoms with Gasteiger partial charge in [-0.3, -0.25) is 9.59 Å². The molecule has 0 atom stereocenters. The van der Waals surface area contributed by atoms with Crippen LogP contribution in [-0.4, -0.2) is 28.3 Å². The molecule has 3 rings (SSSR count). The summed E-state index contributed by atoms with van der Waals surface area (Å²) in [5, 5.41) is 7.29. The Kier molecular flexibility index (Phi) is 4.38. The van der Waals surface area contributed by atoms with E-state index in [-0.39, 0.29) is 24.4 Å².